The highest BCUT2D eigenvalue weighted by molar-refractivity contribution is 5.40. The van der Waals surface area contributed by atoms with Crippen LogP contribution in [0.2, 0.25) is 0 Å². The molecule has 0 amide bonds. The lowest BCUT2D eigenvalue weighted by molar-refractivity contribution is 0.708. The molecule has 0 atom stereocenters. The summed E-state index contributed by atoms with van der Waals surface area (Å²) in [5, 5.41) is 3.31. The molecule has 1 aromatic rings. The molecule has 3 heteroatoms. The molecule has 13 heavy (non-hydrogen) atoms. The largest absolute Gasteiger partial charge is 0.361 e. The van der Waals surface area contributed by atoms with E-state index < -0.39 is 0 Å². The van der Waals surface area contributed by atoms with Crippen molar-refractivity contribution in [2.24, 2.45) is 0 Å². The van der Waals surface area contributed by atoms with Crippen molar-refractivity contribution in [1.82, 2.24) is 10.3 Å². The van der Waals surface area contributed by atoms with Gasteiger partial charge in [-0.2, -0.15) is 0 Å². The van der Waals surface area contributed by atoms with Crippen molar-refractivity contribution in [3.8, 4) is 0 Å². The minimum Gasteiger partial charge on any atom is -0.361 e. The van der Waals surface area contributed by atoms with Gasteiger partial charge in [0.1, 0.15) is 5.69 Å². The van der Waals surface area contributed by atoms with Crippen LogP contribution in [0, 0.1) is 6.57 Å². The minimum absolute atomic E-state index is 0.514. The first kappa shape index (κ1) is 8.21. The van der Waals surface area contributed by atoms with E-state index in [0.717, 1.165) is 31.6 Å². The Labute approximate surface area is 77.6 Å². The predicted octanol–water partition coefficient (Wildman–Crippen LogP) is 1.32. The quantitative estimate of drug-likeness (QED) is 0.599. The molecule has 0 saturated carbocycles. The summed E-state index contributed by atoms with van der Waals surface area (Å²) in [5.41, 5.74) is 2.39. The number of nitrogens with one attached hydrogen (secondary N) is 1. The molecule has 0 aromatic carbocycles. The lowest BCUT2D eigenvalue weighted by Gasteiger charge is -1.99. The van der Waals surface area contributed by atoms with Gasteiger partial charge >= 0.3 is 0 Å². The summed E-state index contributed by atoms with van der Waals surface area (Å²) in [7, 11) is 0. The SMILES string of the molecule is [C-]#[N+]c1ccc2c(n1)CCNCC2. The van der Waals surface area contributed by atoms with Gasteiger partial charge in [-0.05, 0) is 24.6 Å². The predicted molar refractivity (Wildman–Crippen MR) is 50.8 cm³/mol. The molecule has 1 aliphatic rings. The first-order chi connectivity index (χ1) is 6.40. The van der Waals surface area contributed by atoms with Crippen LogP contribution < -0.4 is 5.32 Å². The van der Waals surface area contributed by atoms with Crippen molar-refractivity contribution in [1.29, 1.82) is 0 Å². The van der Waals surface area contributed by atoms with Crippen LogP contribution in [0.5, 0.6) is 0 Å². The number of nitrogens with zero attached hydrogens (tertiary/aromatic N) is 2. The zero-order valence-electron chi connectivity index (χ0n) is 7.38. The van der Waals surface area contributed by atoms with Crippen LogP contribution in [0.25, 0.3) is 4.85 Å². The van der Waals surface area contributed by atoms with E-state index in [1.54, 1.807) is 6.07 Å². The molecule has 0 fully saturated rings. The Hall–Kier alpha value is -1.40. The molecule has 0 saturated heterocycles. The van der Waals surface area contributed by atoms with E-state index in [4.69, 9.17) is 6.57 Å². The number of hydrogen-bond acceptors (Lipinski definition) is 2. The Bertz CT molecular complexity index is 352. The fourth-order valence-corrected chi connectivity index (χ4v) is 1.58. The maximum absolute atomic E-state index is 6.86. The van der Waals surface area contributed by atoms with E-state index >= 15 is 0 Å². The van der Waals surface area contributed by atoms with Crippen molar-refractivity contribution in [2.75, 3.05) is 13.1 Å². The number of aromatic nitrogens is 1. The van der Waals surface area contributed by atoms with Crippen LogP contribution in [-0.2, 0) is 12.8 Å². The molecule has 0 aliphatic carbocycles. The third-order valence-corrected chi connectivity index (χ3v) is 2.28. The summed E-state index contributed by atoms with van der Waals surface area (Å²) in [6, 6.07) is 3.83. The van der Waals surface area contributed by atoms with Gasteiger partial charge in [0.05, 0.1) is 0 Å². The van der Waals surface area contributed by atoms with Gasteiger partial charge in [-0.3, -0.25) is 0 Å². The Morgan fingerprint density at radius 2 is 2.15 bits per heavy atom. The van der Waals surface area contributed by atoms with Crippen molar-refractivity contribution in [3.63, 3.8) is 0 Å². The van der Waals surface area contributed by atoms with Crippen molar-refractivity contribution < 1.29 is 0 Å². The summed E-state index contributed by atoms with van der Waals surface area (Å²) in [5.74, 6) is 0.514. The van der Waals surface area contributed by atoms with E-state index in [1.807, 2.05) is 6.07 Å². The second-order valence-electron chi connectivity index (χ2n) is 3.14. The van der Waals surface area contributed by atoms with Crippen LogP contribution in [0.4, 0.5) is 5.82 Å². The number of hydrogen-bond donors (Lipinski definition) is 1. The second kappa shape index (κ2) is 3.55. The summed E-state index contributed by atoms with van der Waals surface area (Å²) in [6.45, 7) is 8.86. The second-order valence-corrected chi connectivity index (χ2v) is 3.14. The van der Waals surface area contributed by atoms with Crippen LogP contribution in [0.1, 0.15) is 11.3 Å². The standard InChI is InChI=1S/C10H11N3/c1-11-10-3-2-8-4-6-12-7-5-9(8)13-10/h2-3,12H,4-7H2. The van der Waals surface area contributed by atoms with Crippen molar-refractivity contribution in [2.45, 2.75) is 12.8 Å². The Balaban J connectivity index is 2.39. The van der Waals surface area contributed by atoms with E-state index in [1.165, 1.54) is 5.56 Å². The smallest absolute Gasteiger partial charge is 0.269 e. The van der Waals surface area contributed by atoms with E-state index in [0.29, 0.717) is 5.82 Å². The molecule has 1 aromatic heterocycles. The average molecular weight is 173 g/mol. The van der Waals surface area contributed by atoms with E-state index in [-0.39, 0.29) is 0 Å². The van der Waals surface area contributed by atoms with Crippen molar-refractivity contribution >= 4 is 5.82 Å². The molecule has 0 bridgehead atoms. The number of fused-ring (bicyclic) bond motifs is 1. The highest BCUT2D eigenvalue weighted by Gasteiger charge is 2.11. The highest BCUT2D eigenvalue weighted by atomic mass is 14.9. The van der Waals surface area contributed by atoms with Gasteiger partial charge in [0.2, 0.25) is 0 Å². The lowest BCUT2D eigenvalue weighted by Crippen LogP contribution is -2.16. The molecular weight excluding hydrogens is 162 g/mol. The molecule has 1 N–H and O–H groups in total. The molecule has 2 rings (SSSR count). The monoisotopic (exact) mass is 173 g/mol. The Morgan fingerprint density at radius 3 is 3.00 bits per heavy atom. The maximum atomic E-state index is 6.86. The summed E-state index contributed by atoms with van der Waals surface area (Å²) >= 11 is 0. The Kier molecular flexibility index (Phi) is 2.24. The Morgan fingerprint density at radius 1 is 1.31 bits per heavy atom. The third-order valence-electron chi connectivity index (χ3n) is 2.28. The molecule has 2 heterocycles. The van der Waals surface area contributed by atoms with Crippen LogP contribution in [0.3, 0.4) is 0 Å². The summed E-state index contributed by atoms with van der Waals surface area (Å²) in [6.07, 6.45) is 1.97. The van der Waals surface area contributed by atoms with E-state index in [9.17, 15) is 0 Å². The molecule has 66 valence electrons. The summed E-state index contributed by atoms with van der Waals surface area (Å²) in [4.78, 5) is 7.63. The maximum Gasteiger partial charge on any atom is 0.269 e. The first-order valence-corrected chi connectivity index (χ1v) is 4.47. The van der Waals surface area contributed by atoms with E-state index in [2.05, 4.69) is 15.1 Å². The third kappa shape index (κ3) is 1.68. The molecule has 0 unspecified atom stereocenters. The van der Waals surface area contributed by atoms with Gasteiger partial charge in [0, 0.05) is 13.0 Å². The lowest BCUT2D eigenvalue weighted by atomic mass is 10.1. The van der Waals surface area contributed by atoms with Gasteiger partial charge in [-0.25, -0.2) is 0 Å². The first-order valence-electron chi connectivity index (χ1n) is 4.47. The molecule has 3 nitrogen and oxygen atoms in total. The fraction of sp³-hybridized carbons (Fsp3) is 0.400. The topological polar surface area (TPSA) is 29.3 Å². The summed E-state index contributed by atoms with van der Waals surface area (Å²) < 4.78 is 0. The van der Waals surface area contributed by atoms with Gasteiger partial charge in [0.15, 0.2) is 0 Å². The molecule has 1 aliphatic heterocycles. The molecule has 0 spiro atoms. The average Bonchev–Trinajstić information content (AvgIpc) is 2.41. The van der Waals surface area contributed by atoms with Crippen LogP contribution in [-0.4, -0.2) is 18.1 Å². The molecule has 0 radical (unpaired) electrons. The zero-order valence-corrected chi connectivity index (χ0v) is 7.38. The van der Waals surface area contributed by atoms with Crippen LogP contribution in [0.15, 0.2) is 12.1 Å². The fourth-order valence-electron chi connectivity index (χ4n) is 1.58. The van der Waals surface area contributed by atoms with Gasteiger partial charge in [-0.15, -0.1) is 4.98 Å². The van der Waals surface area contributed by atoms with Gasteiger partial charge in [-0.1, -0.05) is 12.6 Å². The number of rotatable bonds is 0. The van der Waals surface area contributed by atoms with Gasteiger partial charge < -0.3 is 10.2 Å². The normalized spacial score (nSPS) is 15.6. The van der Waals surface area contributed by atoms with Crippen LogP contribution >= 0.6 is 0 Å². The zero-order chi connectivity index (χ0) is 9.10. The molecular formula is C10H11N3. The number of pyridine rings is 1. The van der Waals surface area contributed by atoms with Gasteiger partial charge in [0.25, 0.3) is 5.82 Å². The van der Waals surface area contributed by atoms with Crippen molar-refractivity contribution in [3.05, 3.63) is 34.8 Å². The minimum atomic E-state index is 0.514. The highest BCUT2D eigenvalue weighted by Crippen LogP contribution is 2.15.